The summed E-state index contributed by atoms with van der Waals surface area (Å²) in [5.41, 5.74) is 2.23. The minimum Gasteiger partial charge on any atom is -0.495 e. The fourth-order valence-corrected chi connectivity index (χ4v) is 1.57. The highest BCUT2D eigenvalue weighted by molar-refractivity contribution is 7.80. The molecule has 2 N–H and O–H groups in total. The third-order valence-corrected chi connectivity index (χ3v) is 2.85. The van der Waals surface area contributed by atoms with Gasteiger partial charge in [0, 0.05) is 7.05 Å². The number of hydrogen-bond donors (Lipinski definition) is 2. The molecule has 0 aliphatic carbocycles. The highest BCUT2D eigenvalue weighted by atomic mass is 32.1. The molecule has 1 aromatic carbocycles. The summed E-state index contributed by atoms with van der Waals surface area (Å²) in [5, 5.41) is 6.58. The van der Waals surface area contributed by atoms with Crippen molar-refractivity contribution in [3.05, 3.63) is 23.8 Å². The first-order chi connectivity index (χ1) is 7.88. The van der Waals surface area contributed by atoms with E-state index in [9.17, 15) is 0 Å². The number of methoxy groups -OCH3 is 1. The molecule has 0 heterocycles. The molecule has 1 rings (SSSR count). The summed E-state index contributed by atoms with van der Waals surface area (Å²) in [7, 11) is 3.44. The zero-order valence-electron chi connectivity index (χ0n) is 11.0. The average Bonchev–Trinajstić information content (AvgIpc) is 2.27. The molecule has 0 amide bonds. The van der Waals surface area contributed by atoms with Crippen molar-refractivity contribution in [2.24, 2.45) is 0 Å². The number of rotatable bonds is 2. The molecular weight excluding hydrogens is 232 g/mol. The molecule has 0 radical (unpaired) electrons. The standard InChI is InChI=1S/C13H20N2OS/c1-13(2,3)9-6-7-11(16-5)10(8-9)15-12(17)14-4/h6-8H,1-5H3,(H2,14,15,17). The highest BCUT2D eigenvalue weighted by Gasteiger charge is 2.16. The molecule has 94 valence electrons. The quantitative estimate of drug-likeness (QED) is 0.793. The zero-order valence-corrected chi connectivity index (χ0v) is 11.9. The topological polar surface area (TPSA) is 33.3 Å². The summed E-state index contributed by atoms with van der Waals surface area (Å²) < 4.78 is 5.31. The van der Waals surface area contributed by atoms with Crippen LogP contribution in [0.3, 0.4) is 0 Å². The van der Waals surface area contributed by atoms with Crippen LogP contribution in [0.5, 0.6) is 5.75 Å². The predicted octanol–water partition coefficient (Wildman–Crippen LogP) is 2.91. The summed E-state index contributed by atoms with van der Waals surface area (Å²) in [6, 6.07) is 6.11. The molecule has 0 saturated carbocycles. The summed E-state index contributed by atoms with van der Waals surface area (Å²) in [4.78, 5) is 0. The molecule has 0 bridgehead atoms. The molecule has 1 aromatic rings. The van der Waals surface area contributed by atoms with Gasteiger partial charge < -0.3 is 15.4 Å². The van der Waals surface area contributed by atoms with Crippen LogP contribution in [-0.4, -0.2) is 19.3 Å². The lowest BCUT2D eigenvalue weighted by Crippen LogP contribution is -2.24. The number of thiocarbonyl (C=S) groups is 1. The van der Waals surface area contributed by atoms with E-state index in [1.807, 2.05) is 6.07 Å². The third-order valence-electron chi connectivity index (χ3n) is 2.54. The number of nitrogens with one attached hydrogen (secondary N) is 2. The Hall–Kier alpha value is -1.29. The van der Waals surface area contributed by atoms with E-state index >= 15 is 0 Å². The van der Waals surface area contributed by atoms with E-state index in [4.69, 9.17) is 17.0 Å². The largest absolute Gasteiger partial charge is 0.495 e. The molecule has 3 nitrogen and oxygen atoms in total. The van der Waals surface area contributed by atoms with Gasteiger partial charge in [-0.15, -0.1) is 0 Å². The van der Waals surface area contributed by atoms with Crippen molar-refractivity contribution in [2.75, 3.05) is 19.5 Å². The van der Waals surface area contributed by atoms with E-state index in [1.165, 1.54) is 5.56 Å². The zero-order chi connectivity index (χ0) is 13.1. The molecular formula is C13H20N2OS. The monoisotopic (exact) mass is 252 g/mol. The second kappa shape index (κ2) is 5.36. The Morgan fingerprint density at radius 3 is 2.41 bits per heavy atom. The Morgan fingerprint density at radius 1 is 1.29 bits per heavy atom. The Kier molecular flexibility index (Phi) is 4.34. The second-order valence-corrected chi connectivity index (χ2v) is 5.28. The number of ether oxygens (including phenoxy) is 1. The lowest BCUT2D eigenvalue weighted by atomic mass is 9.87. The molecule has 0 saturated heterocycles. The van der Waals surface area contributed by atoms with E-state index in [0.29, 0.717) is 5.11 Å². The van der Waals surface area contributed by atoms with Crippen molar-refractivity contribution >= 4 is 23.0 Å². The molecule has 0 unspecified atom stereocenters. The Morgan fingerprint density at radius 2 is 1.94 bits per heavy atom. The molecule has 0 aromatic heterocycles. The molecule has 17 heavy (non-hydrogen) atoms. The molecule has 0 aliphatic rings. The molecule has 0 fully saturated rings. The Balaban J connectivity index is 3.11. The van der Waals surface area contributed by atoms with Gasteiger partial charge in [-0.3, -0.25) is 0 Å². The predicted molar refractivity (Wildman–Crippen MR) is 77.0 cm³/mol. The first kappa shape index (κ1) is 13.8. The van der Waals surface area contributed by atoms with Crippen molar-refractivity contribution in [3.8, 4) is 5.75 Å². The van der Waals surface area contributed by atoms with Gasteiger partial charge in [-0.1, -0.05) is 26.8 Å². The van der Waals surface area contributed by atoms with Crippen LogP contribution in [-0.2, 0) is 5.41 Å². The summed E-state index contributed by atoms with van der Waals surface area (Å²) in [6.07, 6.45) is 0. The maximum atomic E-state index is 5.31. The number of hydrogen-bond acceptors (Lipinski definition) is 2. The third kappa shape index (κ3) is 3.60. The van der Waals surface area contributed by atoms with Gasteiger partial charge >= 0.3 is 0 Å². The smallest absolute Gasteiger partial charge is 0.170 e. The van der Waals surface area contributed by atoms with Crippen molar-refractivity contribution in [1.82, 2.24) is 5.32 Å². The van der Waals surface area contributed by atoms with Gasteiger partial charge in [0.05, 0.1) is 12.8 Å². The maximum absolute atomic E-state index is 5.31. The number of anilines is 1. The fourth-order valence-electron chi connectivity index (χ4n) is 1.46. The van der Waals surface area contributed by atoms with E-state index in [2.05, 4.69) is 43.5 Å². The fraction of sp³-hybridized carbons (Fsp3) is 0.462. The van der Waals surface area contributed by atoms with E-state index < -0.39 is 0 Å². The van der Waals surface area contributed by atoms with Gasteiger partial charge in [-0.2, -0.15) is 0 Å². The second-order valence-electron chi connectivity index (χ2n) is 4.87. The van der Waals surface area contributed by atoms with Gasteiger partial charge in [0.1, 0.15) is 5.75 Å². The lowest BCUT2D eigenvalue weighted by Gasteiger charge is -2.21. The van der Waals surface area contributed by atoms with Crippen LogP contribution in [0.25, 0.3) is 0 Å². The van der Waals surface area contributed by atoms with Crippen molar-refractivity contribution < 1.29 is 4.74 Å². The van der Waals surface area contributed by atoms with Crippen LogP contribution in [0.4, 0.5) is 5.69 Å². The van der Waals surface area contributed by atoms with Crippen LogP contribution in [0.15, 0.2) is 18.2 Å². The first-order valence-corrected chi connectivity index (χ1v) is 5.96. The van der Waals surface area contributed by atoms with Gasteiger partial charge in [0.25, 0.3) is 0 Å². The molecule has 0 atom stereocenters. The first-order valence-electron chi connectivity index (χ1n) is 5.55. The Bertz CT molecular complexity index is 410. The van der Waals surface area contributed by atoms with Crippen molar-refractivity contribution in [2.45, 2.75) is 26.2 Å². The van der Waals surface area contributed by atoms with Gasteiger partial charge in [-0.25, -0.2) is 0 Å². The van der Waals surface area contributed by atoms with Crippen LogP contribution in [0, 0.1) is 0 Å². The highest BCUT2D eigenvalue weighted by Crippen LogP contribution is 2.31. The van der Waals surface area contributed by atoms with Gasteiger partial charge in [0.2, 0.25) is 0 Å². The van der Waals surface area contributed by atoms with Crippen LogP contribution in [0.2, 0.25) is 0 Å². The molecule has 0 spiro atoms. The summed E-state index contributed by atoms with van der Waals surface area (Å²) in [6.45, 7) is 6.53. The van der Waals surface area contributed by atoms with Crippen LogP contribution >= 0.6 is 12.2 Å². The van der Waals surface area contributed by atoms with E-state index in [0.717, 1.165) is 11.4 Å². The van der Waals surface area contributed by atoms with Crippen molar-refractivity contribution in [1.29, 1.82) is 0 Å². The van der Waals surface area contributed by atoms with E-state index in [-0.39, 0.29) is 5.41 Å². The average molecular weight is 252 g/mol. The van der Waals surface area contributed by atoms with Gasteiger partial charge in [0.15, 0.2) is 5.11 Å². The van der Waals surface area contributed by atoms with Crippen LogP contribution < -0.4 is 15.4 Å². The van der Waals surface area contributed by atoms with Gasteiger partial charge in [-0.05, 0) is 35.3 Å². The van der Waals surface area contributed by atoms with E-state index in [1.54, 1.807) is 14.2 Å². The van der Waals surface area contributed by atoms with Crippen molar-refractivity contribution in [3.63, 3.8) is 0 Å². The molecule has 4 heteroatoms. The lowest BCUT2D eigenvalue weighted by molar-refractivity contribution is 0.416. The SMILES string of the molecule is CNC(=S)Nc1cc(C(C)(C)C)ccc1OC. The minimum absolute atomic E-state index is 0.101. The minimum atomic E-state index is 0.101. The molecule has 0 aliphatic heterocycles. The summed E-state index contributed by atoms with van der Waals surface area (Å²) >= 11 is 5.10. The normalized spacial score (nSPS) is 10.9. The number of benzene rings is 1. The maximum Gasteiger partial charge on any atom is 0.170 e. The Labute approximate surface area is 109 Å². The summed E-state index contributed by atoms with van der Waals surface area (Å²) in [5.74, 6) is 0.788. The van der Waals surface area contributed by atoms with Crippen LogP contribution in [0.1, 0.15) is 26.3 Å².